The number of rotatable bonds is 4. The maximum Gasteiger partial charge on any atom is 0.187 e. The van der Waals surface area contributed by atoms with Gasteiger partial charge in [-0.2, -0.15) is 0 Å². The molecule has 0 saturated carbocycles. The van der Waals surface area contributed by atoms with Crippen molar-refractivity contribution < 1.29 is 64.5 Å². The van der Waals surface area contributed by atoms with E-state index in [2.05, 4.69) is 0 Å². The molecule has 3 saturated heterocycles. The zero-order valence-corrected chi connectivity index (χ0v) is 17.3. The van der Waals surface area contributed by atoms with Gasteiger partial charge < -0.3 is 64.5 Å². The molecule has 15 atom stereocenters. The van der Waals surface area contributed by atoms with Crippen molar-refractivity contribution >= 4 is 0 Å². The summed E-state index contributed by atoms with van der Waals surface area (Å²) in [5.74, 6) is 0. The van der Waals surface area contributed by atoms with Crippen LogP contribution in [-0.4, -0.2) is 133 Å². The SMILES string of the molecule is C[C@@H]1O[C@@H](O[C@@H]2[C@@H](O)[C@H](C)O[C@@H](O[C@H]3C(O)O[C@@H](C)[C@H](O)[C@H]3O)[C@@H]2O)[C@H](O)[C@H](O)[C@H]1O. The third kappa shape index (κ3) is 4.89. The highest BCUT2D eigenvalue weighted by Crippen LogP contribution is 2.31. The van der Waals surface area contributed by atoms with Gasteiger partial charge in [0.2, 0.25) is 0 Å². The van der Waals surface area contributed by atoms with Gasteiger partial charge in [0.25, 0.3) is 0 Å². The highest BCUT2D eigenvalue weighted by molar-refractivity contribution is 4.94. The molecule has 13 nitrogen and oxygen atoms in total. The average Bonchev–Trinajstić information content (AvgIpc) is 2.72. The fourth-order valence-electron chi connectivity index (χ4n) is 3.87. The van der Waals surface area contributed by atoms with Crippen molar-refractivity contribution in [2.45, 2.75) is 113 Å². The van der Waals surface area contributed by atoms with Crippen molar-refractivity contribution in [1.29, 1.82) is 0 Å². The zero-order chi connectivity index (χ0) is 23.2. The van der Waals surface area contributed by atoms with Crippen LogP contribution in [0.3, 0.4) is 0 Å². The van der Waals surface area contributed by atoms with Gasteiger partial charge in [-0.15, -0.1) is 0 Å². The number of hydrogen-bond acceptors (Lipinski definition) is 13. The first-order valence-corrected chi connectivity index (χ1v) is 10.2. The van der Waals surface area contributed by atoms with Crippen molar-refractivity contribution in [3.05, 3.63) is 0 Å². The van der Waals surface area contributed by atoms with Crippen LogP contribution in [0.5, 0.6) is 0 Å². The molecule has 8 N–H and O–H groups in total. The Balaban J connectivity index is 1.72. The van der Waals surface area contributed by atoms with E-state index in [1.807, 2.05) is 0 Å². The summed E-state index contributed by atoms with van der Waals surface area (Å²) in [4.78, 5) is 0. The molecular weight excluding hydrogens is 424 g/mol. The number of hydrogen-bond donors (Lipinski definition) is 8. The molecule has 0 bridgehead atoms. The van der Waals surface area contributed by atoms with Gasteiger partial charge in [-0.1, -0.05) is 0 Å². The summed E-state index contributed by atoms with van der Waals surface area (Å²) >= 11 is 0. The van der Waals surface area contributed by atoms with E-state index in [4.69, 9.17) is 23.7 Å². The fraction of sp³-hybridized carbons (Fsp3) is 1.00. The van der Waals surface area contributed by atoms with E-state index in [0.29, 0.717) is 0 Å². The lowest BCUT2D eigenvalue weighted by Gasteiger charge is -2.47. The Hall–Kier alpha value is -0.520. The average molecular weight is 456 g/mol. The Morgan fingerprint density at radius 3 is 1.52 bits per heavy atom. The van der Waals surface area contributed by atoms with Crippen molar-refractivity contribution in [3.8, 4) is 0 Å². The summed E-state index contributed by atoms with van der Waals surface area (Å²) in [5.41, 5.74) is 0. The standard InChI is InChI=1S/C18H32O13/c1-4-8(20)11(23)15(16(26)27-4)31-18-13(25)14(9(21)6(3)29-18)30-17-12(24)10(22)7(19)5(2)28-17/h4-26H,1-3H3/t4-,5-,6-,7-,8-,9-,10+,11+,12+,13+,14+,15+,16?,17-,18-/m0/s1. The summed E-state index contributed by atoms with van der Waals surface area (Å²) in [6.45, 7) is 4.34. The largest absolute Gasteiger partial charge is 0.388 e. The van der Waals surface area contributed by atoms with Crippen LogP contribution >= 0.6 is 0 Å². The number of ether oxygens (including phenoxy) is 5. The van der Waals surface area contributed by atoms with Gasteiger partial charge in [0, 0.05) is 0 Å². The number of aliphatic hydroxyl groups excluding tert-OH is 8. The molecule has 0 aromatic heterocycles. The Labute approximate surface area is 178 Å². The van der Waals surface area contributed by atoms with Gasteiger partial charge >= 0.3 is 0 Å². The molecule has 31 heavy (non-hydrogen) atoms. The molecule has 0 amide bonds. The Morgan fingerprint density at radius 1 is 0.452 bits per heavy atom. The Bertz CT molecular complexity index is 595. The van der Waals surface area contributed by atoms with Crippen LogP contribution in [0.2, 0.25) is 0 Å². The van der Waals surface area contributed by atoms with Gasteiger partial charge in [-0.05, 0) is 20.8 Å². The third-order valence-electron chi connectivity index (χ3n) is 5.98. The molecule has 0 aromatic carbocycles. The summed E-state index contributed by atoms with van der Waals surface area (Å²) < 4.78 is 26.9. The van der Waals surface area contributed by atoms with E-state index in [1.165, 1.54) is 20.8 Å². The first kappa shape index (κ1) is 25.1. The molecule has 0 aromatic rings. The lowest BCUT2D eigenvalue weighted by atomic mass is 9.97. The normalized spacial score (nSPS) is 56.4. The van der Waals surface area contributed by atoms with E-state index in [9.17, 15) is 40.9 Å². The van der Waals surface area contributed by atoms with E-state index in [-0.39, 0.29) is 0 Å². The number of aliphatic hydroxyl groups is 8. The van der Waals surface area contributed by atoms with Crippen LogP contribution in [0.4, 0.5) is 0 Å². The maximum absolute atomic E-state index is 10.7. The second-order valence-corrected chi connectivity index (χ2v) is 8.29. The van der Waals surface area contributed by atoms with Crippen molar-refractivity contribution in [1.82, 2.24) is 0 Å². The van der Waals surface area contributed by atoms with E-state index < -0.39 is 92.1 Å². The monoisotopic (exact) mass is 456 g/mol. The molecule has 13 heteroatoms. The van der Waals surface area contributed by atoms with Gasteiger partial charge in [0.1, 0.15) is 54.9 Å². The lowest BCUT2D eigenvalue weighted by Crippen LogP contribution is -2.65. The maximum atomic E-state index is 10.7. The molecule has 3 aliphatic heterocycles. The lowest BCUT2D eigenvalue weighted by molar-refractivity contribution is -0.377. The highest BCUT2D eigenvalue weighted by Gasteiger charge is 2.52. The minimum atomic E-state index is -1.70. The smallest absolute Gasteiger partial charge is 0.187 e. The summed E-state index contributed by atoms with van der Waals surface area (Å²) in [6, 6.07) is 0. The second-order valence-electron chi connectivity index (χ2n) is 8.29. The topological polar surface area (TPSA) is 208 Å². The van der Waals surface area contributed by atoms with Crippen LogP contribution in [0.25, 0.3) is 0 Å². The van der Waals surface area contributed by atoms with E-state index >= 15 is 0 Å². The van der Waals surface area contributed by atoms with E-state index in [0.717, 1.165) is 0 Å². The molecule has 0 radical (unpaired) electrons. The minimum Gasteiger partial charge on any atom is -0.388 e. The van der Waals surface area contributed by atoms with Gasteiger partial charge in [-0.25, -0.2) is 0 Å². The first-order valence-electron chi connectivity index (χ1n) is 10.2. The van der Waals surface area contributed by atoms with Gasteiger partial charge in [-0.3, -0.25) is 0 Å². The van der Waals surface area contributed by atoms with E-state index in [1.54, 1.807) is 0 Å². The third-order valence-corrected chi connectivity index (χ3v) is 5.98. The molecule has 3 aliphatic rings. The molecule has 0 aliphatic carbocycles. The van der Waals surface area contributed by atoms with Crippen molar-refractivity contribution in [2.24, 2.45) is 0 Å². The van der Waals surface area contributed by atoms with Crippen LogP contribution in [0.15, 0.2) is 0 Å². The van der Waals surface area contributed by atoms with Gasteiger partial charge in [0.05, 0.1) is 18.3 Å². The quantitative estimate of drug-likeness (QED) is 0.201. The molecule has 3 heterocycles. The minimum absolute atomic E-state index is 0.868. The first-order chi connectivity index (χ1) is 14.4. The Morgan fingerprint density at radius 2 is 0.903 bits per heavy atom. The van der Waals surface area contributed by atoms with Crippen LogP contribution in [0, 0.1) is 0 Å². The molecule has 3 fully saturated rings. The van der Waals surface area contributed by atoms with Gasteiger partial charge in [0.15, 0.2) is 18.9 Å². The summed E-state index contributed by atoms with van der Waals surface area (Å²) in [7, 11) is 0. The van der Waals surface area contributed by atoms with Crippen LogP contribution in [0.1, 0.15) is 20.8 Å². The molecule has 0 spiro atoms. The molecule has 1 unspecified atom stereocenters. The predicted octanol–water partition coefficient (Wildman–Crippen LogP) is -4.49. The molecule has 3 rings (SSSR count). The zero-order valence-electron chi connectivity index (χ0n) is 17.3. The predicted molar refractivity (Wildman–Crippen MR) is 97.0 cm³/mol. The highest BCUT2D eigenvalue weighted by atomic mass is 16.7. The van der Waals surface area contributed by atoms with Crippen LogP contribution in [-0.2, 0) is 23.7 Å². The summed E-state index contributed by atoms with van der Waals surface area (Å²) in [6.07, 6.45) is -21.0. The second kappa shape index (κ2) is 9.77. The Kier molecular flexibility index (Phi) is 7.91. The molecule has 182 valence electrons. The van der Waals surface area contributed by atoms with Crippen molar-refractivity contribution in [2.75, 3.05) is 0 Å². The van der Waals surface area contributed by atoms with Crippen LogP contribution < -0.4 is 0 Å². The fourth-order valence-corrected chi connectivity index (χ4v) is 3.87. The molecular formula is C18H32O13. The summed E-state index contributed by atoms with van der Waals surface area (Å²) in [5, 5.41) is 81.3. The van der Waals surface area contributed by atoms with Crippen molar-refractivity contribution in [3.63, 3.8) is 0 Å².